The summed E-state index contributed by atoms with van der Waals surface area (Å²) in [4.78, 5) is 27.5. The maximum atomic E-state index is 12.5. The fourth-order valence-electron chi connectivity index (χ4n) is 3.53. The first-order valence-electron chi connectivity index (χ1n) is 9.79. The van der Waals surface area contributed by atoms with Crippen LogP contribution in [0.15, 0.2) is 66.0 Å². The van der Waals surface area contributed by atoms with Crippen LogP contribution in [0.25, 0.3) is 11.1 Å². The van der Waals surface area contributed by atoms with Crippen molar-refractivity contribution < 1.29 is 14.3 Å². The van der Waals surface area contributed by atoms with E-state index in [1.54, 1.807) is 24.3 Å². The number of nitriles is 1. The molecule has 0 saturated carbocycles. The summed E-state index contributed by atoms with van der Waals surface area (Å²) in [6.07, 6.45) is 1.22. The van der Waals surface area contributed by atoms with E-state index in [4.69, 9.17) is 10.00 Å². The van der Waals surface area contributed by atoms with E-state index in [1.165, 1.54) is 11.3 Å². The number of carbonyl (C=O) groups excluding carboxylic acids is 2. The third-order valence-corrected chi connectivity index (χ3v) is 6.13. The van der Waals surface area contributed by atoms with Gasteiger partial charge in [0.2, 0.25) is 0 Å². The van der Waals surface area contributed by atoms with Crippen molar-refractivity contribution in [1.82, 2.24) is 4.90 Å². The first-order valence-corrected chi connectivity index (χ1v) is 10.7. The molecule has 0 unspecified atom stereocenters. The van der Waals surface area contributed by atoms with Crippen LogP contribution in [0.4, 0.5) is 0 Å². The second-order valence-corrected chi connectivity index (χ2v) is 8.13. The second-order valence-electron chi connectivity index (χ2n) is 7.18. The number of hydrogen-bond acceptors (Lipinski definition) is 5. The number of carbonyl (C=O) groups is 2. The van der Waals surface area contributed by atoms with E-state index < -0.39 is 0 Å². The minimum absolute atomic E-state index is 0.0372. The minimum Gasteiger partial charge on any atom is -0.426 e. The van der Waals surface area contributed by atoms with Gasteiger partial charge in [0.15, 0.2) is 0 Å². The highest BCUT2D eigenvalue weighted by molar-refractivity contribution is 7.12. The third kappa shape index (κ3) is 4.42. The van der Waals surface area contributed by atoms with Gasteiger partial charge in [0.25, 0.3) is 5.91 Å². The van der Waals surface area contributed by atoms with Gasteiger partial charge in [0, 0.05) is 13.1 Å². The van der Waals surface area contributed by atoms with Crippen LogP contribution >= 0.6 is 11.3 Å². The largest absolute Gasteiger partial charge is 0.426 e. The van der Waals surface area contributed by atoms with Crippen molar-refractivity contribution in [3.05, 3.63) is 76.5 Å². The highest BCUT2D eigenvalue weighted by Crippen LogP contribution is 2.25. The van der Waals surface area contributed by atoms with Crippen LogP contribution in [0.2, 0.25) is 0 Å². The second kappa shape index (κ2) is 8.93. The van der Waals surface area contributed by atoms with Gasteiger partial charge in [0.05, 0.1) is 22.4 Å². The Kier molecular flexibility index (Phi) is 5.92. The van der Waals surface area contributed by atoms with Crippen LogP contribution in [0, 0.1) is 17.2 Å². The molecule has 0 radical (unpaired) electrons. The lowest BCUT2D eigenvalue weighted by Crippen LogP contribution is -2.40. The molecule has 0 atom stereocenters. The molecule has 4 rings (SSSR count). The Balaban J connectivity index is 1.32. The Bertz CT molecular complexity index is 1060. The Morgan fingerprint density at radius 1 is 0.967 bits per heavy atom. The van der Waals surface area contributed by atoms with Gasteiger partial charge in [-0.25, -0.2) is 0 Å². The molecule has 2 heterocycles. The lowest BCUT2D eigenvalue weighted by atomic mass is 9.97. The summed E-state index contributed by atoms with van der Waals surface area (Å²) in [5, 5.41) is 10.8. The zero-order valence-corrected chi connectivity index (χ0v) is 17.1. The van der Waals surface area contributed by atoms with Crippen LogP contribution in [0.5, 0.6) is 5.75 Å². The van der Waals surface area contributed by atoms with Gasteiger partial charge < -0.3 is 9.64 Å². The van der Waals surface area contributed by atoms with Crippen LogP contribution < -0.4 is 4.74 Å². The number of thiophene rings is 1. The molecule has 1 amide bonds. The molecule has 3 aromatic rings. The van der Waals surface area contributed by atoms with Crippen molar-refractivity contribution in [2.75, 3.05) is 13.1 Å². The maximum Gasteiger partial charge on any atom is 0.314 e. The zero-order valence-electron chi connectivity index (χ0n) is 16.3. The number of ether oxygens (including phenoxy) is 1. The average molecular weight is 417 g/mol. The highest BCUT2D eigenvalue weighted by atomic mass is 32.1. The molecule has 1 saturated heterocycles. The Morgan fingerprint density at radius 2 is 1.60 bits per heavy atom. The first-order chi connectivity index (χ1) is 14.6. The zero-order chi connectivity index (χ0) is 20.9. The number of benzene rings is 2. The van der Waals surface area contributed by atoms with Crippen molar-refractivity contribution in [1.29, 1.82) is 5.26 Å². The summed E-state index contributed by atoms with van der Waals surface area (Å²) in [6.45, 7) is 1.13. The SMILES string of the molecule is N#Cc1ccc(-c2ccc(OC(=O)C3CCN(C(=O)c4cccs4)CC3)cc2)cc1. The highest BCUT2D eigenvalue weighted by Gasteiger charge is 2.29. The van der Waals surface area contributed by atoms with Crippen LogP contribution in [-0.4, -0.2) is 29.9 Å². The molecule has 1 fully saturated rings. The Morgan fingerprint density at radius 3 is 2.17 bits per heavy atom. The van der Waals surface area contributed by atoms with Crippen LogP contribution in [0.3, 0.4) is 0 Å². The van der Waals surface area contributed by atoms with E-state index in [0.717, 1.165) is 16.0 Å². The van der Waals surface area contributed by atoms with E-state index in [9.17, 15) is 9.59 Å². The van der Waals surface area contributed by atoms with Crippen LogP contribution in [-0.2, 0) is 4.79 Å². The van der Waals surface area contributed by atoms with Gasteiger partial charge in [-0.3, -0.25) is 9.59 Å². The van der Waals surface area contributed by atoms with Gasteiger partial charge in [0.1, 0.15) is 5.75 Å². The number of nitrogens with zero attached hydrogens (tertiary/aromatic N) is 2. The molecule has 1 aliphatic heterocycles. The summed E-state index contributed by atoms with van der Waals surface area (Å²) >= 11 is 1.44. The van der Waals surface area contributed by atoms with Gasteiger partial charge in [-0.05, 0) is 59.7 Å². The predicted octanol–water partition coefficient (Wildman–Crippen LogP) is 4.74. The Labute approximate surface area is 179 Å². The lowest BCUT2D eigenvalue weighted by molar-refractivity contribution is -0.140. The monoisotopic (exact) mass is 416 g/mol. The predicted molar refractivity (Wildman–Crippen MR) is 115 cm³/mol. The quantitative estimate of drug-likeness (QED) is 0.455. The number of esters is 1. The lowest BCUT2D eigenvalue weighted by Gasteiger charge is -2.30. The first kappa shape index (κ1) is 19.9. The van der Waals surface area contributed by atoms with E-state index in [-0.39, 0.29) is 17.8 Å². The molecular formula is C24H20N2O3S. The molecule has 30 heavy (non-hydrogen) atoms. The topological polar surface area (TPSA) is 70.4 Å². The van der Waals surface area contributed by atoms with Gasteiger partial charge in [-0.15, -0.1) is 11.3 Å². The number of hydrogen-bond donors (Lipinski definition) is 0. The molecule has 0 aliphatic carbocycles. The van der Waals surface area contributed by atoms with Crippen molar-refractivity contribution in [2.45, 2.75) is 12.8 Å². The molecule has 1 aromatic heterocycles. The normalized spacial score (nSPS) is 14.2. The summed E-state index contributed by atoms with van der Waals surface area (Å²) in [6, 6.07) is 20.5. The summed E-state index contributed by atoms with van der Waals surface area (Å²) in [7, 11) is 0. The number of piperidine rings is 1. The molecule has 150 valence electrons. The fraction of sp³-hybridized carbons (Fsp3) is 0.208. The molecule has 0 bridgehead atoms. The average Bonchev–Trinajstić information content (AvgIpc) is 3.34. The standard InChI is InChI=1S/C24H20N2O3S/c25-16-17-3-5-18(6-4-17)19-7-9-21(10-8-19)29-24(28)20-11-13-26(14-12-20)23(27)22-2-1-15-30-22/h1-10,15,20H,11-14H2. The summed E-state index contributed by atoms with van der Waals surface area (Å²) in [5.74, 6) is 0.102. The molecular weight excluding hydrogens is 396 g/mol. The van der Waals surface area contributed by atoms with Crippen molar-refractivity contribution >= 4 is 23.2 Å². The maximum absolute atomic E-state index is 12.5. The van der Waals surface area contributed by atoms with Crippen molar-refractivity contribution in [3.8, 4) is 22.9 Å². The number of amides is 1. The van der Waals surface area contributed by atoms with E-state index >= 15 is 0 Å². The molecule has 0 N–H and O–H groups in total. The van der Waals surface area contributed by atoms with Gasteiger partial charge in [-0.1, -0.05) is 30.3 Å². The molecule has 5 nitrogen and oxygen atoms in total. The number of rotatable bonds is 4. The number of likely N-dealkylation sites (tertiary alicyclic amines) is 1. The fourth-order valence-corrected chi connectivity index (χ4v) is 4.22. The smallest absolute Gasteiger partial charge is 0.314 e. The molecule has 0 spiro atoms. The molecule has 6 heteroatoms. The van der Waals surface area contributed by atoms with Crippen molar-refractivity contribution in [2.24, 2.45) is 5.92 Å². The molecule has 2 aromatic carbocycles. The summed E-state index contributed by atoms with van der Waals surface area (Å²) < 4.78 is 5.57. The van der Waals surface area contributed by atoms with E-state index in [2.05, 4.69) is 6.07 Å². The van der Waals surface area contributed by atoms with E-state index in [0.29, 0.717) is 37.2 Å². The third-order valence-electron chi connectivity index (χ3n) is 5.27. The molecule has 1 aliphatic rings. The summed E-state index contributed by atoms with van der Waals surface area (Å²) in [5.41, 5.74) is 2.60. The van der Waals surface area contributed by atoms with Crippen LogP contribution in [0.1, 0.15) is 28.1 Å². The van der Waals surface area contributed by atoms with Gasteiger partial charge >= 0.3 is 5.97 Å². The van der Waals surface area contributed by atoms with Gasteiger partial charge in [-0.2, -0.15) is 5.26 Å². The Hall–Kier alpha value is -3.43. The van der Waals surface area contributed by atoms with Crippen molar-refractivity contribution in [3.63, 3.8) is 0 Å². The van der Waals surface area contributed by atoms with E-state index in [1.807, 2.05) is 46.7 Å². The minimum atomic E-state index is -0.246.